The van der Waals surface area contributed by atoms with Crippen LogP contribution >= 0.6 is 11.6 Å². The Kier molecular flexibility index (Phi) is 6.98. The number of benzene rings is 3. The topological polar surface area (TPSA) is 67.4 Å². The van der Waals surface area contributed by atoms with E-state index in [9.17, 15) is 9.59 Å². The van der Waals surface area contributed by atoms with E-state index in [4.69, 9.17) is 16.3 Å². The Morgan fingerprint density at radius 2 is 1.52 bits per heavy atom. The Morgan fingerprint density at radius 3 is 2.16 bits per heavy atom. The molecular formula is C25H25ClN2O3. The van der Waals surface area contributed by atoms with Gasteiger partial charge in [0.2, 0.25) is 0 Å². The third-order valence-corrected chi connectivity index (χ3v) is 5.07. The number of anilines is 2. The summed E-state index contributed by atoms with van der Waals surface area (Å²) in [6, 6.07) is 16.4. The number of hydrogen-bond donors (Lipinski definition) is 2. The number of carbonyl (C=O) groups excluding carboxylic acids is 2. The second kappa shape index (κ2) is 9.67. The summed E-state index contributed by atoms with van der Waals surface area (Å²) in [5, 5.41) is 5.94. The molecule has 0 spiro atoms. The first-order valence-electron chi connectivity index (χ1n) is 9.91. The van der Waals surface area contributed by atoms with Crippen molar-refractivity contribution < 1.29 is 14.3 Å². The van der Waals surface area contributed by atoms with Crippen molar-refractivity contribution >= 4 is 34.8 Å². The molecular weight excluding hydrogens is 412 g/mol. The van der Waals surface area contributed by atoms with Crippen molar-refractivity contribution in [2.75, 3.05) is 17.2 Å². The number of amides is 2. The summed E-state index contributed by atoms with van der Waals surface area (Å²) in [5.41, 5.74) is 5.47. The van der Waals surface area contributed by atoms with E-state index in [1.807, 2.05) is 64.1 Å². The minimum Gasteiger partial charge on any atom is -0.483 e. The second-order valence-corrected chi connectivity index (χ2v) is 7.99. The van der Waals surface area contributed by atoms with E-state index in [-0.39, 0.29) is 18.4 Å². The SMILES string of the molecule is Cc1cc(C)cc(NC(=O)c2ccc(Cl)c(NC(=O)COc3c(C)cccc3C)c2)c1. The summed E-state index contributed by atoms with van der Waals surface area (Å²) in [6.07, 6.45) is 0. The highest BCUT2D eigenvalue weighted by Crippen LogP contribution is 2.25. The van der Waals surface area contributed by atoms with Gasteiger partial charge >= 0.3 is 0 Å². The molecule has 0 fully saturated rings. The molecule has 0 bridgehead atoms. The summed E-state index contributed by atoms with van der Waals surface area (Å²) >= 11 is 6.23. The molecule has 5 nitrogen and oxygen atoms in total. The molecule has 3 aromatic carbocycles. The van der Waals surface area contributed by atoms with Crippen molar-refractivity contribution in [2.24, 2.45) is 0 Å². The van der Waals surface area contributed by atoms with Crippen molar-refractivity contribution in [3.8, 4) is 5.75 Å². The van der Waals surface area contributed by atoms with Gasteiger partial charge in [-0.05, 0) is 80.3 Å². The van der Waals surface area contributed by atoms with E-state index in [1.165, 1.54) is 0 Å². The fourth-order valence-corrected chi connectivity index (χ4v) is 3.53. The lowest BCUT2D eigenvalue weighted by atomic mass is 10.1. The van der Waals surface area contributed by atoms with Crippen LogP contribution < -0.4 is 15.4 Å². The minimum absolute atomic E-state index is 0.166. The van der Waals surface area contributed by atoms with Crippen LogP contribution in [0.1, 0.15) is 32.6 Å². The van der Waals surface area contributed by atoms with Crippen molar-refractivity contribution in [2.45, 2.75) is 27.7 Å². The average molecular weight is 437 g/mol. The maximum absolute atomic E-state index is 12.7. The van der Waals surface area contributed by atoms with Crippen LogP contribution in [0.25, 0.3) is 0 Å². The van der Waals surface area contributed by atoms with Crippen LogP contribution in [0, 0.1) is 27.7 Å². The molecule has 0 aromatic heterocycles. The average Bonchev–Trinajstić information content (AvgIpc) is 2.68. The Balaban J connectivity index is 1.68. The number of aryl methyl sites for hydroxylation is 4. The summed E-state index contributed by atoms with van der Waals surface area (Å²) in [6.45, 7) is 7.63. The first kappa shape index (κ1) is 22.4. The van der Waals surface area contributed by atoms with Gasteiger partial charge in [0, 0.05) is 11.3 Å². The van der Waals surface area contributed by atoms with E-state index < -0.39 is 0 Å². The summed E-state index contributed by atoms with van der Waals surface area (Å²) in [5.74, 6) is 0.0331. The number of para-hydroxylation sites is 1. The first-order chi connectivity index (χ1) is 14.7. The predicted molar refractivity (Wildman–Crippen MR) is 125 cm³/mol. The predicted octanol–water partition coefficient (Wildman–Crippen LogP) is 5.84. The van der Waals surface area contributed by atoms with Crippen LogP contribution in [0.4, 0.5) is 11.4 Å². The number of hydrogen-bond acceptors (Lipinski definition) is 3. The quantitative estimate of drug-likeness (QED) is 0.509. The molecule has 31 heavy (non-hydrogen) atoms. The molecule has 6 heteroatoms. The largest absolute Gasteiger partial charge is 0.483 e. The van der Waals surface area contributed by atoms with Gasteiger partial charge in [-0.1, -0.05) is 35.9 Å². The lowest BCUT2D eigenvalue weighted by Gasteiger charge is -2.13. The van der Waals surface area contributed by atoms with Gasteiger partial charge in [-0.2, -0.15) is 0 Å². The highest BCUT2D eigenvalue weighted by atomic mass is 35.5. The van der Waals surface area contributed by atoms with Crippen LogP contribution in [0.2, 0.25) is 5.02 Å². The highest BCUT2D eigenvalue weighted by Gasteiger charge is 2.13. The Morgan fingerprint density at radius 1 is 0.871 bits per heavy atom. The second-order valence-electron chi connectivity index (χ2n) is 7.58. The van der Waals surface area contributed by atoms with Gasteiger partial charge < -0.3 is 15.4 Å². The Bertz CT molecular complexity index is 1100. The third-order valence-electron chi connectivity index (χ3n) is 4.74. The molecule has 2 amide bonds. The lowest BCUT2D eigenvalue weighted by molar-refractivity contribution is -0.118. The van der Waals surface area contributed by atoms with Crippen molar-refractivity contribution in [1.29, 1.82) is 0 Å². The van der Waals surface area contributed by atoms with Crippen LogP contribution in [-0.4, -0.2) is 18.4 Å². The zero-order valence-corrected chi connectivity index (χ0v) is 18.8. The molecule has 0 atom stereocenters. The molecule has 3 rings (SSSR count). The van der Waals surface area contributed by atoms with Crippen molar-refractivity contribution in [1.82, 2.24) is 0 Å². The number of carbonyl (C=O) groups is 2. The van der Waals surface area contributed by atoms with Gasteiger partial charge in [-0.25, -0.2) is 0 Å². The molecule has 0 aliphatic rings. The van der Waals surface area contributed by atoms with Gasteiger partial charge in [-0.3, -0.25) is 9.59 Å². The van der Waals surface area contributed by atoms with Crippen LogP contribution in [0.15, 0.2) is 54.6 Å². The highest BCUT2D eigenvalue weighted by molar-refractivity contribution is 6.34. The normalized spacial score (nSPS) is 10.5. The van der Waals surface area contributed by atoms with Crippen LogP contribution in [-0.2, 0) is 4.79 Å². The van der Waals surface area contributed by atoms with E-state index >= 15 is 0 Å². The molecule has 2 N–H and O–H groups in total. The minimum atomic E-state index is -0.364. The molecule has 0 radical (unpaired) electrons. The number of rotatable bonds is 6. The first-order valence-corrected chi connectivity index (χ1v) is 10.3. The molecule has 3 aromatic rings. The Hall–Kier alpha value is -3.31. The van der Waals surface area contributed by atoms with E-state index in [0.717, 1.165) is 22.3 Å². The third kappa shape index (κ3) is 5.86. The zero-order chi connectivity index (χ0) is 22.5. The summed E-state index contributed by atoms with van der Waals surface area (Å²) in [7, 11) is 0. The standard InChI is InChI=1S/C25H25ClN2O3/c1-15-10-16(2)12-20(11-15)27-25(30)19-8-9-21(26)22(13-19)28-23(29)14-31-24-17(3)6-5-7-18(24)4/h5-13H,14H2,1-4H3,(H,27,30)(H,28,29). The maximum atomic E-state index is 12.7. The molecule has 0 aliphatic carbocycles. The van der Waals surface area contributed by atoms with E-state index in [2.05, 4.69) is 10.6 Å². The van der Waals surface area contributed by atoms with Gasteiger partial charge in [0.05, 0.1) is 10.7 Å². The molecule has 0 aliphatic heterocycles. The van der Waals surface area contributed by atoms with Crippen molar-refractivity contribution in [3.63, 3.8) is 0 Å². The van der Waals surface area contributed by atoms with E-state index in [0.29, 0.717) is 27.7 Å². The number of ether oxygens (including phenoxy) is 1. The van der Waals surface area contributed by atoms with Gasteiger partial charge in [0.15, 0.2) is 6.61 Å². The number of halogens is 1. The maximum Gasteiger partial charge on any atom is 0.262 e. The van der Waals surface area contributed by atoms with Gasteiger partial charge in [-0.15, -0.1) is 0 Å². The molecule has 160 valence electrons. The van der Waals surface area contributed by atoms with Crippen LogP contribution in [0.5, 0.6) is 5.75 Å². The zero-order valence-electron chi connectivity index (χ0n) is 18.0. The van der Waals surface area contributed by atoms with Gasteiger partial charge in [0.1, 0.15) is 5.75 Å². The Labute approximate surface area is 187 Å². The molecule has 0 saturated carbocycles. The van der Waals surface area contributed by atoms with Crippen molar-refractivity contribution in [3.05, 3.63) is 87.4 Å². The summed E-state index contributed by atoms with van der Waals surface area (Å²) in [4.78, 5) is 25.1. The monoisotopic (exact) mass is 436 g/mol. The summed E-state index contributed by atoms with van der Waals surface area (Å²) < 4.78 is 5.69. The molecule has 0 saturated heterocycles. The number of nitrogens with one attached hydrogen (secondary N) is 2. The van der Waals surface area contributed by atoms with Gasteiger partial charge in [0.25, 0.3) is 11.8 Å². The fraction of sp³-hybridized carbons (Fsp3) is 0.200. The molecule has 0 heterocycles. The van der Waals surface area contributed by atoms with E-state index in [1.54, 1.807) is 18.2 Å². The molecule has 0 unspecified atom stereocenters. The van der Waals surface area contributed by atoms with Crippen LogP contribution in [0.3, 0.4) is 0 Å². The fourth-order valence-electron chi connectivity index (χ4n) is 3.36. The lowest BCUT2D eigenvalue weighted by Crippen LogP contribution is -2.21. The smallest absolute Gasteiger partial charge is 0.262 e.